The molecule has 1 fully saturated rings. The minimum absolute atomic E-state index is 0.0133. The van der Waals surface area contributed by atoms with Crippen molar-refractivity contribution in [3.05, 3.63) is 0 Å². The van der Waals surface area contributed by atoms with Gasteiger partial charge in [0.1, 0.15) is 5.78 Å². The molecule has 0 aliphatic heterocycles. The van der Waals surface area contributed by atoms with Crippen molar-refractivity contribution in [2.24, 2.45) is 11.3 Å². The Kier molecular flexibility index (Phi) is 3.53. The Labute approximate surface area is 91.2 Å². The molecule has 0 N–H and O–H groups in total. The van der Waals surface area contributed by atoms with Crippen LogP contribution >= 0.6 is 0 Å². The minimum Gasteiger partial charge on any atom is -0.463 e. The summed E-state index contributed by atoms with van der Waals surface area (Å²) in [4.78, 5) is 23.3. The van der Waals surface area contributed by atoms with Gasteiger partial charge in [-0.05, 0) is 26.7 Å². The van der Waals surface area contributed by atoms with Gasteiger partial charge >= 0.3 is 5.97 Å². The maximum absolute atomic E-state index is 11.8. The minimum atomic E-state index is -0.375. The second-order valence-electron chi connectivity index (χ2n) is 5.01. The Balaban J connectivity index is 2.51. The summed E-state index contributed by atoms with van der Waals surface area (Å²) in [5.41, 5.74) is -0.375. The molecule has 1 aliphatic rings. The Morgan fingerprint density at radius 2 is 1.73 bits per heavy atom. The standard InChI is InChI=1S/C12H20O3/c1-8(2)11(14)12(5-6-12)7-10(13)15-9(3)4/h8-9H,5-7H2,1-4H3. The zero-order valence-corrected chi connectivity index (χ0v) is 10.0. The molecule has 0 bridgehead atoms. The summed E-state index contributed by atoms with van der Waals surface area (Å²) in [5.74, 6) is -0.0148. The van der Waals surface area contributed by atoms with Crippen LogP contribution in [0, 0.1) is 11.3 Å². The van der Waals surface area contributed by atoms with E-state index in [1.807, 2.05) is 27.7 Å². The molecule has 1 aliphatic carbocycles. The van der Waals surface area contributed by atoms with E-state index in [9.17, 15) is 9.59 Å². The predicted octanol–water partition coefficient (Wildman–Crippen LogP) is 2.33. The average Bonchev–Trinajstić information content (AvgIpc) is 2.82. The van der Waals surface area contributed by atoms with Crippen molar-refractivity contribution in [2.75, 3.05) is 0 Å². The maximum atomic E-state index is 11.8. The van der Waals surface area contributed by atoms with Gasteiger partial charge in [0.05, 0.1) is 12.5 Å². The van der Waals surface area contributed by atoms with Gasteiger partial charge in [-0.25, -0.2) is 0 Å². The van der Waals surface area contributed by atoms with Crippen LogP contribution in [0.4, 0.5) is 0 Å². The van der Waals surface area contributed by atoms with E-state index in [-0.39, 0.29) is 35.6 Å². The van der Waals surface area contributed by atoms with Gasteiger partial charge < -0.3 is 4.74 Å². The molecule has 3 heteroatoms. The van der Waals surface area contributed by atoms with Gasteiger partial charge in [-0.2, -0.15) is 0 Å². The summed E-state index contributed by atoms with van der Waals surface area (Å²) in [6.07, 6.45) is 1.86. The lowest BCUT2D eigenvalue weighted by Gasteiger charge is -2.16. The Bertz CT molecular complexity index is 262. The first-order valence-corrected chi connectivity index (χ1v) is 5.61. The van der Waals surface area contributed by atoms with Crippen molar-refractivity contribution < 1.29 is 14.3 Å². The van der Waals surface area contributed by atoms with Crippen molar-refractivity contribution in [1.29, 1.82) is 0 Å². The van der Waals surface area contributed by atoms with Crippen LogP contribution in [0.25, 0.3) is 0 Å². The fourth-order valence-corrected chi connectivity index (χ4v) is 1.85. The highest BCUT2D eigenvalue weighted by molar-refractivity contribution is 5.92. The summed E-state index contributed by atoms with van der Waals surface area (Å²) in [5, 5.41) is 0. The molecular weight excluding hydrogens is 192 g/mol. The van der Waals surface area contributed by atoms with Gasteiger partial charge in [0.2, 0.25) is 0 Å². The summed E-state index contributed by atoms with van der Waals surface area (Å²) in [6.45, 7) is 7.41. The highest BCUT2D eigenvalue weighted by Crippen LogP contribution is 2.51. The van der Waals surface area contributed by atoms with Crippen LogP contribution in [0.5, 0.6) is 0 Å². The van der Waals surface area contributed by atoms with Gasteiger partial charge in [-0.15, -0.1) is 0 Å². The number of Topliss-reactive ketones (excluding diaryl/α,β-unsaturated/α-hetero) is 1. The Morgan fingerprint density at radius 1 is 1.20 bits per heavy atom. The first-order valence-electron chi connectivity index (χ1n) is 5.61. The van der Waals surface area contributed by atoms with Gasteiger partial charge in [-0.1, -0.05) is 13.8 Å². The van der Waals surface area contributed by atoms with E-state index >= 15 is 0 Å². The number of hydrogen-bond acceptors (Lipinski definition) is 3. The topological polar surface area (TPSA) is 43.4 Å². The quantitative estimate of drug-likeness (QED) is 0.657. The lowest BCUT2D eigenvalue weighted by atomic mass is 9.89. The zero-order chi connectivity index (χ0) is 11.6. The summed E-state index contributed by atoms with van der Waals surface area (Å²) in [6, 6.07) is 0. The molecule has 0 amide bonds. The van der Waals surface area contributed by atoms with Crippen LogP contribution < -0.4 is 0 Å². The number of esters is 1. The second-order valence-corrected chi connectivity index (χ2v) is 5.01. The molecule has 15 heavy (non-hydrogen) atoms. The summed E-state index contributed by atoms with van der Waals surface area (Å²) < 4.78 is 5.06. The van der Waals surface area contributed by atoms with E-state index in [1.54, 1.807) is 0 Å². The molecule has 0 spiro atoms. The first kappa shape index (κ1) is 12.2. The molecule has 0 unspecified atom stereocenters. The van der Waals surface area contributed by atoms with Gasteiger partial charge in [0.15, 0.2) is 0 Å². The Hall–Kier alpha value is -0.860. The van der Waals surface area contributed by atoms with Crippen molar-refractivity contribution in [2.45, 2.75) is 53.1 Å². The van der Waals surface area contributed by atoms with E-state index in [0.29, 0.717) is 0 Å². The molecule has 1 rings (SSSR count). The molecule has 0 radical (unpaired) electrons. The van der Waals surface area contributed by atoms with E-state index in [1.165, 1.54) is 0 Å². The van der Waals surface area contributed by atoms with Crippen molar-refractivity contribution in [3.63, 3.8) is 0 Å². The van der Waals surface area contributed by atoms with Gasteiger partial charge in [0, 0.05) is 11.3 Å². The molecule has 3 nitrogen and oxygen atoms in total. The van der Waals surface area contributed by atoms with Crippen LogP contribution in [0.2, 0.25) is 0 Å². The van der Waals surface area contributed by atoms with E-state index < -0.39 is 0 Å². The van der Waals surface area contributed by atoms with E-state index in [2.05, 4.69) is 0 Å². The van der Waals surface area contributed by atoms with Crippen LogP contribution in [-0.2, 0) is 14.3 Å². The molecule has 0 aromatic heterocycles. The SMILES string of the molecule is CC(C)OC(=O)CC1(C(=O)C(C)C)CC1. The number of ketones is 1. The molecular formula is C12H20O3. The number of ether oxygens (including phenoxy) is 1. The average molecular weight is 212 g/mol. The smallest absolute Gasteiger partial charge is 0.307 e. The summed E-state index contributed by atoms with van der Waals surface area (Å²) >= 11 is 0. The lowest BCUT2D eigenvalue weighted by Crippen LogP contribution is -2.26. The highest BCUT2D eigenvalue weighted by atomic mass is 16.5. The monoisotopic (exact) mass is 212 g/mol. The number of hydrogen-bond donors (Lipinski definition) is 0. The second kappa shape index (κ2) is 4.33. The zero-order valence-electron chi connectivity index (χ0n) is 10.0. The first-order chi connectivity index (χ1) is 6.87. The van der Waals surface area contributed by atoms with Crippen LogP contribution in [0.3, 0.4) is 0 Å². The molecule has 0 aromatic rings. The molecule has 1 saturated carbocycles. The molecule has 0 aromatic carbocycles. The molecule has 0 atom stereocenters. The van der Waals surface area contributed by atoms with E-state index in [4.69, 9.17) is 4.74 Å². The third-order valence-electron chi connectivity index (χ3n) is 2.75. The van der Waals surface area contributed by atoms with Crippen molar-refractivity contribution in [1.82, 2.24) is 0 Å². The third-order valence-corrected chi connectivity index (χ3v) is 2.75. The van der Waals surface area contributed by atoms with Gasteiger partial charge in [-0.3, -0.25) is 9.59 Å². The maximum Gasteiger partial charge on any atom is 0.307 e. The molecule has 0 saturated heterocycles. The fraction of sp³-hybridized carbons (Fsp3) is 0.833. The number of carbonyl (C=O) groups is 2. The van der Waals surface area contributed by atoms with Crippen LogP contribution in [-0.4, -0.2) is 17.9 Å². The molecule has 86 valence electrons. The predicted molar refractivity (Wildman–Crippen MR) is 57.4 cm³/mol. The number of carbonyl (C=O) groups excluding carboxylic acids is 2. The fourth-order valence-electron chi connectivity index (χ4n) is 1.85. The normalized spacial score (nSPS) is 18.0. The van der Waals surface area contributed by atoms with Crippen molar-refractivity contribution >= 4 is 11.8 Å². The lowest BCUT2D eigenvalue weighted by molar-refractivity contribution is -0.151. The van der Waals surface area contributed by atoms with Crippen molar-refractivity contribution in [3.8, 4) is 0 Å². The van der Waals surface area contributed by atoms with Gasteiger partial charge in [0.25, 0.3) is 0 Å². The van der Waals surface area contributed by atoms with E-state index in [0.717, 1.165) is 12.8 Å². The third kappa shape index (κ3) is 3.05. The number of rotatable bonds is 5. The molecule has 0 heterocycles. The van der Waals surface area contributed by atoms with Crippen LogP contribution in [0.1, 0.15) is 47.0 Å². The summed E-state index contributed by atoms with van der Waals surface area (Å²) in [7, 11) is 0. The Morgan fingerprint density at radius 3 is 2.07 bits per heavy atom. The highest BCUT2D eigenvalue weighted by Gasteiger charge is 2.51. The van der Waals surface area contributed by atoms with Crippen LogP contribution in [0.15, 0.2) is 0 Å². The largest absolute Gasteiger partial charge is 0.463 e.